The zero-order valence-corrected chi connectivity index (χ0v) is 20.5. The summed E-state index contributed by atoms with van der Waals surface area (Å²) in [6.45, 7) is 9.84. The number of carbonyl (C=O) groups excluding carboxylic acids is 1. The fourth-order valence-electron chi connectivity index (χ4n) is 4.37. The van der Waals surface area contributed by atoms with Crippen LogP contribution in [-0.2, 0) is 14.8 Å². The molecule has 1 heterocycles. The van der Waals surface area contributed by atoms with Gasteiger partial charge in [-0.2, -0.15) is 4.31 Å². The molecule has 33 heavy (non-hydrogen) atoms. The van der Waals surface area contributed by atoms with Crippen molar-refractivity contribution in [3.63, 3.8) is 0 Å². The molecule has 1 saturated heterocycles. The van der Waals surface area contributed by atoms with E-state index in [-0.39, 0.29) is 12.5 Å². The van der Waals surface area contributed by atoms with Crippen LogP contribution < -0.4 is 15.0 Å². The number of nitrogens with one attached hydrogen (secondary N) is 2. The van der Waals surface area contributed by atoms with Gasteiger partial charge in [-0.3, -0.25) is 4.79 Å². The number of sulfonamides is 1. The van der Waals surface area contributed by atoms with Gasteiger partial charge in [0, 0.05) is 12.6 Å². The maximum absolute atomic E-state index is 13.2. The highest BCUT2D eigenvalue weighted by atomic mass is 32.2. The van der Waals surface area contributed by atoms with Crippen LogP contribution >= 0.6 is 0 Å². The standard InChI is InChI=1S/C24H33N3O5S/c1-17-13-18(2)24(19(3)14-17)33(30,31)27-11-9-26(10-12-27)15-22(29)16-32-23-7-5-21(6-8-23)25-20(4)28/h5-8,13-14,22,29H,9-12,15-16H2,1-4H3,(H,25,28)/p+1/t22-/m0/s1. The highest BCUT2D eigenvalue weighted by Crippen LogP contribution is 2.25. The molecule has 2 aromatic carbocycles. The van der Waals surface area contributed by atoms with Gasteiger partial charge in [0.25, 0.3) is 0 Å². The van der Waals surface area contributed by atoms with Crippen molar-refractivity contribution >= 4 is 21.6 Å². The number of anilines is 1. The third-order valence-electron chi connectivity index (χ3n) is 5.77. The number of piperazine rings is 1. The molecule has 0 spiro atoms. The number of carbonyl (C=O) groups is 1. The van der Waals surface area contributed by atoms with E-state index < -0.39 is 16.1 Å². The van der Waals surface area contributed by atoms with Gasteiger partial charge in [-0.1, -0.05) is 17.7 Å². The van der Waals surface area contributed by atoms with Crippen LogP contribution in [0, 0.1) is 20.8 Å². The zero-order valence-electron chi connectivity index (χ0n) is 19.7. The monoisotopic (exact) mass is 476 g/mol. The van der Waals surface area contributed by atoms with Gasteiger partial charge in [-0.15, -0.1) is 0 Å². The zero-order chi connectivity index (χ0) is 24.2. The summed E-state index contributed by atoms with van der Waals surface area (Å²) < 4.78 is 33.7. The van der Waals surface area contributed by atoms with Crippen molar-refractivity contribution in [2.45, 2.75) is 38.7 Å². The Kier molecular flexibility index (Phi) is 8.12. The normalized spacial score (nSPS) is 16.4. The Morgan fingerprint density at radius 1 is 1.12 bits per heavy atom. The lowest BCUT2D eigenvalue weighted by Crippen LogP contribution is -3.15. The Bertz CT molecular complexity index is 1050. The minimum atomic E-state index is -3.54. The number of rotatable bonds is 8. The Labute approximate surface area is 196 Å². The number of aliphatic hydroxyl groups is 1. The van der Waals surface area contributed by atoms with Crippen molar-refractivity contribution < 1.29 is 28.0 Å². The van der Waals surface area contributed by atoms with Crippen molar-refractivity contribution in [2.24, 2.45) is 0 Å². The predicted octanol–water partition coefficient (Wildman–Crippen LogP) is 0.899. The number of ether oxygens (including phenoxy) is 1. The van der Waals surface area contributed by atoms with Crippen molar-refractivity contribution in [1.29, 1.82) is 0 Å². The molecule has 3 rings (SSSR count). The van der Waals surface area contributed by atoms with Gasteiger partial charge in [0.15, 0.2) is 0 Å². The van der Waals surface area contributed by atoms with Crippen LogP contribution in [0.15, 0.2) is 41.3 Å². The van der Waals surface area contributed by atoms with Gasteiger partial charge < -0.3 is 20.1 Å². The first-order chi connectivity index (χ1) is 15.6. The van der Waals surface area contributed by atoms with Crippen LogP contribution in [-0.4, -0.2) is 69.2 Å². The number of benzene rings is 2. The molecule has 0 bridgehead atoms. The topological polar surface area (TPSA) is 100 Å². The average molecular weight is 477 g/mol. The Morgan fingerprint density at radius 3 is 2.24 bits per heavy atom. The number of aliphatic hydroxyl groups excluding tert-OH is 1. The lowest BCUT2D eigenvalue weighted by atomic mass is 10.1. The number of amides is 1. The van der Waals surface area contributed by atoms with Crippen LogP contribution in [0.3, 0.4) is 0 Å². The van der Waals surface area contributed by atoms with E-state index in [1.54, 1.807) is 28.6 Å². The first-order valence-electron chi connectivity index (χ1n) is 11.2. The van der Waals surface area contributed by atoms with Gasteiger partial charge in [-0.25, -0.2) is 8.42 Å². The molecule has 1 amide bonds. The third kappa shape index (κ3) is 6.54. The van der Waals surface area contributed by atoms with Crippen molar-refractivity contribution in [3.8, 4) is 5.75 Å². The van der Waals surface area contributed by atoms with Crippen molar-refractivity contribution in [3.05, 3.63) is 53.1 Å². The van der Waals surface area contributed by atoms with Crippen LogP contribution in [0.5, 0.6) is 5.75 Å². The van der Waals surface area contributed by atoms with Gasteiger partial charge in [0.1, 0.15) is 25.0 Å². The summed E-state index contributed by atoms with van der Waals surface area (Å²) in [6.07, 6.45) is -0.667. The van der Waals surface area contributed by atoms with Gasteiger partial charge in [0.05, 0.1) is 31.1 Å². The largest absolute Gasteiger partial charge is 0.491 e. The molecule has 0 unspecified atom stereocenters. The van der Waals surface area contributed by atoms with E-state index in [9.17, 15) is 18.3 Å². The van der Waals surface area contributed by atoms with Gasteiger partial charge >= 0.3 is 0 Å². The fourth-order valence-corrected chi connectivity index (χ4v) is 6.23. The number of hydrogen-bond acceptors (Lipinski definition) is 5. The second kappa shape index (κ2) is 10.6. The summed E-state index contributed by atoms with van der Waals surface area (Å²) in [5, 5.41) is 13.1. The molecule has 1 atom stereocenters. The molecule has 1 aliphatic heterocycles. The molecule has 3 N–H and O–H groups in total. The second-order valence-electron chi connectivity index (χ2n) is 8.76. The molecule has 0 saturated carbocycles. The Morgan fingerprint density at radius 2 is 1.70 bits per heavy atom. The molecular weight excluding hydrogens is 442 g/mol. The molecule has 2 aromatic rings. The number of nitrogens with zero attached hydrogens (tertiary/aromatic N) is 1. The number of hydrogen-bond donors (Lipinski definition) is 3. The quantitative estimate of drug-likeness (QED) is 0.526. The second-order valence-corrected chi connectivity index (χ2v) is 10.6. The van der Waals surface area contributed by atoms with Crippen LogP contribution in [0.4, 0.5) is 5.69 Å². The summed E-state index contributed by atoms with van der Waals surface area (Å²) in [6, 6.07) is 10.8. The minimum Gasteiger partial charge on any atom is -0.491 e. The summed E-state index contributed by atoms with van der Waals surface area (Å²) in [5.74, 6) is 0.469. The molecule has 9 heteroatoms. The molecule has 8 nitrogen and oxygen atoms in total. The fraction of sp³-hybridized carbons (Fsp3) is 0.458. The highest BCUT2D eigenvalue weighted by molar-refractivity contribution is 7.89. The summed E-state index contributed by atoms with van der Waals surface area (Å²) in [4.78, 5) is 12.6. The van der Waals surface area contributed by atoms with E-state index in [0.29, 0.717) is 49.1 Å². The summed E-state index contributed by atoms with van der Waals surface area (Å²) in [5.41, 5.74) is 3.29. The maximum Gasteiger partial charge on any atom is 0.244 e. The first-order valence-corrected chi connectivity index (χ1v) is 12.6. The van der Waals surface area contributed by atoms with Crippen LogP contribution in [0.1, 0.15) is 23.6 Å². The Hall–Kier alpha value is -2.46. The lowest BCUT2D eigenvalue weighted by Gasteiger charge is -2.33. The molecule has 0 aliphatic carbocycles. The number of quaternary nitrogens is 1. The molecule has 1 aliphatic rings. The number of aryl methyl sites for hydroxylation is 3. The predicted molar refractivity (Wildman–Crippen MR) is 127 cm³/mol. The molecular formula is C24H34N3O5S+. The molecule has 1 fully saturated rings. The van der Waals surface area contributed by atoms with E-state index in [2.05, 4.69) is 5.32 Å². The van der Waals surface area contributed by atoms with Crippen molar-refractivity contribution in [2.75, 3.05) is 44.6 Å². The van der Waals surface area contributed by atoms with E-state index in [1.807, 2.05) is 32.9 Å². The molecule has 0 aromatic heterocycles. The van der Waals surface area contributed by atoms with Crippen molar-refractivity contribution in [1.82, 2.24) is 4.31 Å². The highest BCUT2D eigenvalue weighted by Gasteiger charge is 2.33. The Balaban J connectivity index is 1.49. The third-order valence-corrected chi connectivity index (χ3v) is 7.98. The first kappa shape index (κ1) is 25.2. The van der Waals surface area contributed by atoms with Gasteiger partial charge in [-0.05, 0) is 56.2 Å². The van der Waals surface area contributed by atoms with Gasteiger partial charge in [0.2, 0.25) is 15.9 Å². The summed E-state index contributed by atoms with van der Waals surface area (Å²) in [7, 11) is -3.54. The van der Waals surface area contributed by atoms with Crippen LogP contribution in [0.2, 0.25) is 0 Å². The van der Waals surface area contributed by atoms with E-state index in [4.69, 9.17) is 4.74 Å². The maximum atomic E-state index is 13.2. The minimum absolute atomic E-state index is 0.140. The van der Waals surface area contributed by atoms with E-state index >= 15 is 0 Å². The molecule has 180 valence electrons. The van der Waals surface area contributed by atoms with E-state index in [0.717, 1.165) is 21.6 Å². The summed E-state index contributed by atoms with van der Waals surface area (Å²) >= 11 is 0. The smallest absolute Gasteiger partial charge is 0.244 e. The average Bonchev–Trinajstić information content (AvgIpc) is 2.72. The molecule has 0 radical (unpaired) electrons. The lowest BCUT2D eigenvalue weighted by molar-refractivity contribution is -0.906. The van der Waals surface area contributed by atoms with E-state index in [1.165, 1.54) is 6.92 Å². The SMILES string of the molecule is CC(=O)Nc1ccc(OC[C@@H](O)C[NH+]2CCN(S(=O)(=O)c3c(C)cc(C)cc3C)CC2)cc1. The van der Waals surface area contributed by atoms with Crippen LogP contribution in [0.25, 0.3) is 0 Å².